The molecular weight excluding hydrogens is 583 g/mol. The van der Waals surface area contributed by atoms with Crippen molar-refractivity contribution in [3.63, 3.8) is 0 Å². The summed E-state index contributed by atoms with van der Waals surface area (Å²) < 4.78 is 40.9. The summed E-state index contributed by atoms with van der Waals surface area (Å²) in [4.78, 5) is 6.93. The highest BCUT2D eigenvalue weighted by Crippen LogP contribution is 2.33. The number of nitrogens with one attached hydrogen (secondary N) is 1. The second kappa shape index (κ2) is 17.0. The van der Waals surface area contributed by atoms with Crippen molar-refractivity contribution in [3.8, 4) is 0 Å². The number of alkyl halides is 3. The molecule has 1 fully saturated rings. The molecule has 1 aromatic heterocycles. The minimum absolute atomic E-state index is 0.126. The number of aromatic nitrogens is 1. The third-order valence-corrected chi connectivity index (χ3v) is 7.30. The van der Waals surface area contributed by atoms with Crippen LogP contribution in [0.3, 0.4) is 0 Å². The summed E-state index contributed by atoms with van der Waals surface area (Å²) in [6.45, 7) is 16.3. The van der Waals surface area contributed by atoms with E-state index in [0.29, 0.717) is 38.4 Å². The summed E-state index contributed by atoms with van der Waals surface area (Å²) >= 11 is 7.37. The smallest absolute Gasteiger partial charge is 0.399 e. The average molecular weight is 622 g/mol. The van der Waals surface area contributed by atoms with E-state index >= 15 is 0 Å². The molecule has 0 aliphatic carbocycles. The molecule has 7 nitrogen and oxygen atoms in total. The van der Waals surface area contributed by atoms with Crippen LogP contribution in [-0.2, 0) is 6.18 Å². The number of nitrogen functional groups attached to an aromatic ring is 1. The number of benzene rings is 1. The molecule has 0 spiro atoms. The number of nitrogens with zero attached hydrogens (tertiary/aromatic N) is 3. The van der Waals surface area contributed by atoms with Crippen LogP contribution in [0.5, 0.6) is 0 Å². The van der Waals surface area contributed by atoms with Crippen LogP contribution in [0.4, 0.5) is 24.7 Å². The summed E-state index contributed by atoms with van der Waals surface area (Å²) in [5.74, 6) is 0.261. The number of piperazine rings is 1. The lowest BCUT2D eigenvalue weighted by molar-refractivity contribution is -0.137. The van der Waals surface area contributed by atoms with Crippen molar-refractivity contribution < 1.29 is 13.2 Å². The molecule has 1 aliphatic rings. The number of hydrogen-bond acceptors (Lipinski definition) is 8. The molecule has 0 amide bonds. The topological polar surface area (TPSA) is 109 Å². The van der Waals surface area contributed by atoms with Gasteiger partial charge in [0.25, 0.3) is 0 Å². The van der Waals surface area contributed by atoms with E-state index in [1.165, 1.54) is 0 Å². The zero-order chi connectivity index (χ0) is 31.3. The molecule has 3 rings (SSSR count). The number of allylic oxidation sites excluding steroid dienone is 6. The molecular formula is C30H39ClF3N7S. The molecule has 0 saturated carbocycles. The molecule has 1 saturated heterocycles. The number of halogens is 4. The maximum Gasteiger partial charge on any atom is 0.416 e. The Bertz CT molecular complexity index is 1250. The summed E-state index contributed by atoms with van der Waals surface area (Å²) in [5, 5.41) is 3.00. The first kappa shape index (κ1) is 35.0. The van der Waals surface area contributed by atoms with Crippen molar-refractivity contribution in [1.82, 2.24) is 14.6 Å². The van der Waals surface area contributed by atoms with Gasteiger partial charge in [-0.1, -0.05) is 49.6 Å². The molecule has 7 N–H and O–H groups in total. The Morgan fingerprint density at radius 1 is 1.17 bits per heavy atom. The van der Waals surface area contributed by atoms with Crippen LogP contribution < -0.4 is 27.4 Å². The standard InChI is InChI=1S/C16H16ClF3N4S.C14H23N3/c17-14-9-11(16(18,19)20)10-15(22-14)23-5-7-24(8-6-23)25-13-3-1-12(21)2-4-13;1-5-7-13(6-2)10-11(3)17-12(4)14(16)8-9-15/h1-4,9-10H,5-8,21H2;5-7,10,14,17H,1-2,4,8-9,15-16H2,3H3/b;11-10+,13-7-. The zero-order valence-corrected chi connectivity index (χ0v) is 25.3. The van der Waals surface area contributed by atoms with Crippen LogP contribution in [0.1, 0.15) is 18.9 Å². The molecule has 2 aromatic rings. The van der Waals surface area contributed by atoms with E-state index in [2.05, 4.69) is 34.3 Å². The summed E-state index contributed by atoms with van der Waals surface area (Å²) in [6.07, 6.45) is 3.59. The Kier molecular flexibility index (Phi) is 14.2. The van der Waals surface area contributed by atoms with E-state index in [1.807, 2.05) is 48.2 Å². The lowest BCUT2D eigenvalue weighted by Gasteiger charge is -2.34. The van der Waals surface area contributed by atoms with Crippen LogP contribution in [0.25, 0.3) is 0 Å². The maximum absolute atomic E-state index is 12.9. The molecule has 1 aromatic carbocycles. The molecule has 0 bridgehead atoms. The lowest BCUT2D eigenvalue weighted by atomic mass is 10.1. The summed E-state index contributed by atoms with van der Waals surface area (Å²) in [6, 6.07) is 9.34. The fraction of sp³-hybridized carbons (Fsp3) is 0.300. The number of anilines is 2. The first-order valence-corrected chi connectivity index (χ1v) is 14.3. The minimum Gasteiger partial charge on any atom is -0.399 e. The monoisotopic (exact) mass is 621 g/mol. The second-order valence-electron chi connectivity index (χ2n) is 9.38. The number of nitrogens with two attached hydrogens (primary N) is 3. The Balaban J connectivity index is 0.000000319. The van der Waals surface area contributed by atoms with Gasteiger partial charge in [-0.2, -0.15) is 13.2 Å². The van der Waals surface area contributed by atoms with E-state index in [0.717, 1.165) is 40.4 Å². The largest absolute Gasteiger partial charge is 0.416 e. The van der Waals surface area contributed by atoms with Crippen molar-refractivity contribution in [2.75, 3.05) is 43.4 Å². The van der Waals surface area contributed by atoms with Gasteiger partial charge in [-0.05, 0) is 79.9 Å². The summed E-state index contributed by atoms with van der Waals surface area (Å²) in [5.41, 5.74) is 19.6. The third kappa shape index (κ3) is 11.9. The first-order chi connectivity index (χ1) is 19.9. The third-order valence-electron chi connectivity index (χ3n) is 6.00. The van der Waals surface area contributed by atoms with Gasteiger partial charge in [0, 0.05) is 54.2 Å². The minimum atomic E-state index is -4.44. The second-order valence-corrected chi connectivity index (χ2v) is 10.9. The molecule has 2 heterocycles. The fourth-order valence-corrected chi connectivity index (χ4v) is 4.90. The Morgan fingerprint density at radius 2 is 1.81 bits per heavy atom. The van der Waals surface area contributed by atoms with Crippen molar-refractivity contribution in [2.45, 2.75) is 30.5 Å². The van der Waals surface area contributed by atoms with E-state index < -0.39 is 11.7 Å². The predicted octanol–water partition coefficient (Wildman–Crippen LogP) is 6.13. The van der Waals surface area contributed by atoms with Crippen LogP contribution in [-0.4, -0.2) is 48.1 Å². The number of rotatable bonds is 11. The highest BCUT2D eigenvalue weighted by atomic mass is 35.5. The Labute approximate surface area is 255 Å². The first-order valence-electron chi connectivity index (χ1n) is 13.2. The lowest BCUT2D eigenvalue weighted by Crippen LogP contribution is -2.43. The molecule has 42 heavy (non-hydrogen) atoms. The number of pyridine rings is 1. The van der Waals surface area contributed by atoms with E-state index in [-0.39, 0.29) is 17.0 Å². The quantitative estimate of drug-likeness (QED) is 0.103. The van der Waals surface area contributed by atoms with Crippen molar-refractivity contribution in [3.05, 3.63) is 108 Å². The van der Waals surface area contributed by atoms with Gasteiger partial charge in [-0.15, -0.1) is 0 Å². The Morgan fingerprint density at radius 3 is 2.36 bits per heavy atom. The molecule has 228 valence electrons. The van der Waals surface area contributed by atoms with Gasteiger partial charge >= 0.3 is 6.18 Å². The van der Waals surface area contributed by atoms with Crippen LogP contribution in [0.2, 0.25) is 5.15 Å². The van der Waals surface area contributed by atoms with E-state index in [4.69, 9.17) is 28.8 Å². The molecule has 12 heteroatoms. The molecule has 1 atom stereocenters. The SMILES string of the molecule is C=C/C=C(C=C)\C=C(/C)NC(=C)C(N)CCN.Nc1ccc(SN2CCN(c3cc(C(F)(F)F)cc(Cl)n3)CC2)cc1. The maximum atomic E-state index is 12.9. The molecule has 1 aliphatic heterocycles. The summed E-state index contributed by atoms with van der Waals surface area (Å²) in [7, 11) is 0. The van der Waals surface area contributed by atoms with Crippen molar-refractivity contribution in [1.29, 1.82) is 0 Å². The highest BCUT2D eigenvalue weighted by Gasteiger charge is 2.32. The zero-order valence-electron chi connectivity index (χ0n) is 23.7. The van der Waals surface area contributed by atoms with Crippen molar-refractivity contribution in [2.24, 2.45) is 11.5 Å². The van der Waals surface area contributed by atoms with E-state index in [1.54, 1.807) is 24.1 Å². The van der Waals surface area contributed by atoms with Gasteiger partial charge in [-0.25, -0.2) is 9.29 Å². The van der Waals surface area contributed by atoms with Crippen LogP contribution >= 0.6 is 23.5 Å². The van der Waals surface area contributed by atoms with Gasteiger partial charge in [0.2, 0.25) is 0 Å². The van der Waals surface area contributed by atoms with Gasteiger partial charge < -0.3 is 27.4 Å². The fourth-order valence-electron chi connectivity index (χ4n) is 3.79. The van der Waals surface area contributed by atoms with Crippen molar-refractivity contribution >= 4 is 35.1 Å². The van der Waals surface area contributed by atoms with Crippen LogP contribution in [0, 0.1) is 0 Å². The average Bonchev–Trinajstić information content (AvgIpc) is 2.94. The van der Waals surface area contributed by atoms with E-state index in [9.17, 15) is 13.2 Å². The van der Waals surface area contributed by atoms with Gasteiger partial charge in [0.1, 0.15) is 11.0 Å². The predicted molar refractivity (Wildman–Crippen MR) is 171 cm³/mol. The highest BCUT2D eigenvalue weighted by molar-refractivity contribution is 7.97. The molecule has 1 unspecified atom stereocenters. The van der Waals surface area contributed by atoms with Gasteiger partial charge in [0.15, 0.2) is 0 Å². The normalized spacial score (nSPS) is 15.4. The van der Waals surface area contributed by atoms with Crippen LogP contribution in [0.15, 0.2) is 102 Å². The van der Waals surface area contributed by atoms with Gasteiger partial charge in [0.05, 0.1) is 5.56 Å². The number of hydrogen-bond donors (Lipinski definition) is 4. The Hall–Kier alpha value is -3.22. The molecule has 0 radical (unpaired) electrons. The van der Waals surface area contributed by atoms with Gasteiger partial charge in [-0.3, -0.25) is 0 Å².